The molecular formula is C19H26N2O2. The quantitative estimate of drug-likeness (QED) is 0.744. The van der Waals surface area contributed by atoms with Crippen molar-refractivity contribution in [3.8, 4) is 11.5 Å². The first kappa shape index (κ1) is 17.3. The minimum Gasteiger partial charge on any atom is -0.497 e. The Morgan fingerprint density at radius 1 is 1.17 bits per heavy atom. The van der Waals surface area contributed by atoms with Gasteiger partial charge in [0.1, 0.15) is 11.5 Å². The van der Waals surface area contributed by atoms with Gasteiger partial charge >= 0.3 is 0 Å². The standard InChI is InChI=1S/C19H26N2O2/c1-15(18-10-9-17(22-3)13-19(18)23-4)21(2)12-6-8-16-7-5-11-20-14-16/h5,7,9-11,13-15H,6,8,12H2,1-4H3. The van der Waals surface area contributed by atoms with Gasteiger partial charge in [0.2, 0.25) is 0 Å². The van der Waals surface area contributed by atoms with Crippen LogP contribution in [-0.2, 0) is 6.42 Å². The molecule has 1 aromatic heterocycles. The van der Waals surface area contributed by atoms with Crippen LogP contribution in [0.1, 0.15) is 30.5 Å². The lowest BCUT2D eigenvalue weighted by Gasteiger charge is -2.26. The number of rotatable bonds is 8. The molecule has 124 valence electrons. The molecule has 0 N–H and O–H groups in total. The third kappa shape index (κ3) is 4.70. The molecule has 1 atom stereocenters. The van der Waals surface area contributed by atoms with E-state index in [2.05, 4.69) is 36.0 Å². The minimum absolute atomic E-state index is 0.282. The Morgan fingerprint density at radius 3 is 2.65 bits per heavy atom. The number of ether oxygens (including phenoxy) is 2. The van der Waals surface area contributed by atoms with Gasteiger partial charge in [-0.15, -0.1) is 0 Å². The zero-order chi connectivity index (χ0) is 16.7. The lowest BCUT2D eigenvalue weighted by atomic mass is 10.0. The van der Waals surface area contributed by atoms with Gasteiger partial charge < -0.3 is 9.47 Å². The van der Waals surface area contributed by atoms with Gasteiger partial charge in [-0.25, -0.2) is 0 Å². The molecule has 2 aromatic rings. The van der Waals surface area contributed by atoms with E-state index < -0.39 is 0 Å². The summed E-state index contributed by atoms with van der Waals surface area (Å²) in [5.74, 6) is 1.69. The summed E-state index contributed by atoms with van der Waals surface area (Å²) in [4.78, 5) is 6.51. The molecule has 0 saturated carbocycles. The van der Waals surface area contributed by atoms with Crippen molar-refractivity contribution in [1.29, 1.82) is 0 Å². The highest BCUT2D eigenvalue weighted by Crippen LogP contribution is 2.31. The number of hydrogen-bond acceptors (Lipinski definition) is 4. The largest absolute Gasteiger partial charge is 0.497 e. The third-order valence-electron chi connectivity index (χ3n) is 4.25. The smallest absolute Gasteiger partial charge is 0.127 e. The number of methoxy groups -OCH3 is 2. The van der Waals surface area contributed by atoms with Crippen LogP contribution in [0.15, 0.2) is 42.7 Å². The molecule has 0 aliphatic heterocycles. The van der Waals surface area contributed by atoms with Crippen molar-refractivity contribution in [2.75, 3.05) is 27.8 Å². The Morgan fingerprint density at radius 2 is 2.00 bits per heavy atom. The molecule has 23 heavy (non-hydrogen) atoms. The fourth-order valence-electron chi connectivity index (χ4n) is 2.67. The predicted molar refractivity (Wildman–Crippen MR) is 93.1 cm³/mol. The average Bonchev–Trinajstić information content (AvgIpc) is 2.61. The molecule has 1 heterocycles. The van der Waals surface area contributed by atoms with Gasteiger partial charge in [-0.2, -0.15) is 0 Å². The Bertz CT molecular complexity index is 602. The SMILES string of the molecule is COc1ccc(C(C)N(C)CCCc2cccnc2)c(OC)c1. The zero-order valence-corrected chi connectivity index (χ0v) is 14.5. The van der Waals surface area contributed by atoms with Crippen molar-refractivity contribution in [2.24, 2.45) is 0 Å². The van der Waals surface area contributed by atoms with E-state index in [-0.39, 0.29) is 6.04 Å². The molecule has 0 radical (unpaired) electrons. The van der Waals surface area contributed by atoms with Gasteiger partial charge in [0, 0.05) is 30.1 Å². The number of aryl methyl sites for hydroxylation is 1. The predicted octanol–water partition coefficient (Wildman–Crippen LogP) is 3.72. The number of pyridine rings is 1. The fraction of sp³-hybridized carbons (Fsp3) is 0.421. The van der Waals surface area contributed by atoms with Crippen LogP contribution in [-0.4, -0.2) is 37.7 Å². The van der Waals surface area contributed by atoms with E-state index in [9.17, 15) is 0 Å². The van der Waals surface area contributed by atoms with Gasteiger partial charge in [0.25, 0.3) is 0 Å². The van der Waals surface area contributed by atoms with Crippen LogP contribution >= 0.6 is 0 Å². The van der Waals surface area contributed by atoms with Crippen LogP contribution in [0, 0.1) is 0 Å². The Hall–Kier alpha value is -2.07. The maximum atomic E-state index is 5.52. The number of nitrogens with zero attached hydrogens (tertiary/aromatic N) is 2. The molecule has 4 nitrogen and oxygen atoms in total. The second kappa shape index (κ2) is 8.53. The van der Waals surface area contributed by atoms with Crippen molar-refractivity contribution in [1.82, 2.24) is 9.88 Å². The molecule has 1 aromatic carbocycles. The molecule has 0 saturated heterocycles. The summed E-state index contributed by atoms with van der Waals surface area (Å²) in [5.41, 5.74) is 2.47. The summed E-state index contributed by atoms with van der Waals surface area (Å²) in [6, 6.07) is 10.4. The van der Waals surface area contributed by atoms with Crippen LogP contribution in [0.2, 0.25) is 0 Å². The van der Waals surface area contributed by atoms with Gasteiger partial charge in [-0.3, -0.25) is 9.88 Å². The normalized spacial score (nSPS) is 12.2. The molecule has 1 unspecified atom stereocenters. The van der Waals surface area contributed by atoms with Crippen LogP contribution in [0.3, 0.4) is 0 Å². The first-order valence-electron chi connectivity index (χ1n) is 7.96. The van der Waals surface area contributed by atoms with E-state index >= 15 is 0 Å². The molecule has 0 fully saturated rings. The van der Waals surface area contributed by atoms with Gasteiger partial charge in [0.05, 0.1) is 14.2 Å². The lowest BCUT2D eigenvalue weighted by molar-refractivity contribution is 0.252. The minimum atomic E-state index is 0.282. The first-order valence-corrected chi connectivity index (χ1v) is 7.96. The van der Waals surface area contributed by atoms with Crippen molar-refractivity contribution in [3.05, 3.63) is 53.9 Å². The molecule has 4 heteroatoms. The van der Waals surface area contributed by atoms with E-state index in [1.165, 1.54) is 11.1 Å². The molecule has 0 aliphatic rings. The Labute approximate surface area is 139 Å². The lowest BCUT2D eigenvalue weighted by Crippen LogP contribution is -2.24. The van der Waals surface area contributed by atoms with E-state index in [1.54, 1.807) is 14.2 Å². The summed E-state index contributed by atoms with van der Waals surface area (Å²) < 4.78 is 10.8. The van der Waals surface area contributed by atoms with Gasteiger partial charge in [-0.05, 0) is 51.1 Å². The topological polar surface area (TPSA) is 34.6 Å². The highest BCUT2D eigenvalue weighted by Gasteiger charge is 2.16. The van der Waals surface area contributed by atoms with Crippen molar-refractivity contribution in [3.63, 3.8) is 0 Å². The summed E-state index contributed by atoms with van der Waals surface area (Å²) in [6.07, 6.45) is 5.90. The molecular weight excluding hydrogens is 288 g/mol. The molecule has 0 amide bonds. The second-order valence-corrected chi connectivity index (χ2v) is 5.73. The molecule has 0 aliphatic carbocycles. The van der Waals surface area contributed by atoms with Gasteiger partial charge in [0.15, 0.2) is 0 Å². The second-order valence-electron chi connectivity index (χ2n) is 5.73. The maximum Gasteiger partial charge on any atom is 0.127 e. The summed E-state index contributed by atoms with van der Waals surface area (Å²) in [6.45, 7) is 3.22. The zero-order valence-electron chi connectivity index (χ0n) is 14.5. The van der Waals surface area contributed by atoms with Crippen molar-refractivity contribution >= 4 is 0 Å². The Kier molecular flexibility index (Phi) is 6.41. The van der Waals surface area contributed by atoms with Crippen LogP contribution in [0.25, 0.3) is 0 Å². The monoisotopic (exact) mass is 314 g/mol. The number of hydrogen-bond donors (Lipinski definition) is 0. The fourth-order valence-corrected chi connectivity index (χ4v) is 2.67. The van der Waals surface area contributed by atoms with E-state index in [0.717, 1.165) is 30.9 Å². The molecule has 0 spiro atoms. The molecule has 2 rings (SSSR count). The van der Waals surface area contributed by atoms with E-state index in [0.29, 0.717) is 0 Å². The summed E-state index contributed by atoms with van der Waals surface area (Å²) in [7, 11) is 5.52. The van der Waals surface area contributed by atoms with Crippen LogP contribution in [0.4, 0.5) is 0 Å². The van der Waals surface area contributed by atoms with E-state index in [4.69, 9.17) is 9.47 Å². The first-order chi connectivity index (χ1) is 11.2. The van der Waals surface area contributed by atoms with Crippen LogP contribution in [0.5, 0.6) is 11.5 Å². The maximum absolute atomic E-state index is 5.52. The average molecular weight is 314 g/mol. The van der Waals surface area contributed by atoms with Gasteiger partial charge in [-0.1, -0.05) is 12.1 Å². The van der Waals surface area contributed by atoms with E-state index in [1.807, 2.05) is 30.6 Å². The third-order valence-corrected chi connectivity index (χ3v) is 4.25. The Balaban J connectivity index is 1.95. The number of aromatic nitrogens is 1. The number of benzene rings is 1. The molecule has 0 bridgehead atoms. The summed E-state index contributed by atoms with van der Waals surface area (Å²) >= 11 is 0. The highest BCUT2D eigenvalue weighted by molar-refractivity contribution is 5.42. The van der Waals surface area contributed by atoms with Crippen molar-refractivity contribution in [2.45, 2.75) is 25.8 Å². The van der Waals surface area contributed by atoms with Crippen LogP contribution < -0.4 is 9.47 Å². The van der Waals surface area contributed by atoms with Crippen molar-refractivity contribution < 1.29 is 9.47 Å². The summed E-state index contributed by atoms with van der Waals surface area (Å²) in [5, 5.41) is 0. The highest BCUT2D eigenvalue weighted by atomic mass is 16.5.